The number of fused-ring (bicyclic) bond motifs is 1. The standard InChI is InChI=1S/C27H25FN4O/c1-33-27-11-6-19(14-24(27)28)26-15-20-13-23(31-12-2-3-21(30)17-31)9-10-25(20)32(26)22-7-4-18(16-29)5-8-22/h4-11,13-15,21H,2-3,12,17,30H2,1H3. The van der Waals surface area contributed by atoms with E-state index in [-0.39, 0.29) is 11.8 Å². The monoisotopic (exact) mass is 440 g/mol. The Morgan fingerprint density at radius 1 is 1.03 bits per heavy atom. The van der Waals surface area contributed by atoms with Crippen molar-refractivity contribution in [3.8, 4) is 28.8 Å². The molecule has 33 heavy (non-hydrogen) atoms. The van der Waals surface area contributed by atoms with Gasteiger partial charge in [-0.25, -0.2) is 4.39 Å². The third kappa shape index (κ3) is 3.92. The first-order chi connectivity index (χ1) is 16.1. The van der Waals surface area contributed by atoms with Gasteiger partial charge >= 0.3 is 0 Å². The zero-order valence-corrected chi connectivity index (χ0v) is 18.5. The first-order valence-corrected chi connectivity index (χ1v) is 11.1. The van der Waals surface area contributed by atoms with Gasteiger partial charge in [0.15, 0.2) is 11.6 Å². The van der Waals surface area contributed by atoms with E-state index in [2.05, 4.69) is 39.8 Å². The molecule has 1 aliphatic heterocycles. The summed E-state index contributed by atoms with van der Waals surface area (Å²) >= 11 is 0. The lowest BCUT2D eigenvalue weighted by atomic mass is 10.1. The largest absolute Gasteiger partial charge is 0.494 e. The number of anilines is 1. The van der Waals surface area contributed by atoms with Crippen LogP contribution in [0.3, 0.4) is 0 Å². The smallest absolute Gasteiger partial charge is 0.165 e. The van der Waals surface area contributed by atoms with Crippen LogP contribution in [0.2, 0.25) is 0 Å². The molecule has 0 aliphatic carbocycles. The molecular weight excluding hydrogens is 415 g/mol. The summed E-state index contributed by atoms with van der Waals surface area (Å²) in [6.45, 7) is 1.84. The van der Waals surface area contributed by atoms with Crippen LogP contribution in [0.1, 0.15) is 18.4 Å². The van der Waals surface area contributed by atoms with Gasteiger partial charge in [0.25, 0.3) is 0 Å². The Morgan fingerprint density at radius 3 is 2.52 bits per heavy atom. The van der Waals surface area contributed by atoms with Gasteiger partial charge in [-0.1, -0.05) is 0 Å². The number of aromatic nitrogens is 1. The Labute approximate surface area is 192 Å². The maximum Gasteiger partial charge on any atom is 0.165 e. The fourth-order valence-electron chi connectivity index (χ4n) is 4.65. The number of halogens is 1. The first kappa shape index (κ1) is 21.0. The van der Waals surface area contributed by atoms with Crippen LogP contribution in [0.4, 0.5) is 10.1 Å². The number of hydrogen-bond acceptors (Lipinski definition) is 4. The number of benzene rings is 3. The number of piperidine rings is 1. The molecule has 1 atom stereocenters. The Balaban J connectivity index is 1.67. The summed E-state index contributed by atoms with van der Waals surface area (Å²) in [6, 6.07) is 23.3. The van der Waals surface area contributed by atoms with E-state index in [0.717, 1.165) is 59.5 Å². The second-order valence-corrected chi connectivity index (χ2v) is 8.46. The first-order valence-electron chi connectivity index (χ1n) is 11.1. The van der Waals surface area contributed by atoms with Crippen molar-refractivity contribution in [3.63, 3.8) is 0 Å². The number of hydrogen-bond donors (Lipinski definition) is 1. The van der Waals surface area contributed by atoms with Crippen LogP contribution >= 0.6 is 0 Å². The molecule has 4 aromatic rings. The highest BCUT2D eigenvalue weighted by Gasteiger charge is 2.19. The van der Waals surface area contributed by atoms with Gasteiger partial charge in [0.2, 0.25) is 0 Å². The Kier molecular flexibility index (Phi) is 5.49. The van der Waals surface area contributed by atoms with Crippen molar-refractivity contribution in [2.24, 2.45) is 5.73 Å². The molecule has 5 rings (SSSR count). The summed E-state index contributed by atoms with van der Waals surface area (Å²) in [5, 5.41) is 10.3. The van der Waals surface area contributed by atoms with Gasteiger partial charge in [-0.3, -0.25) is 0 Å². The summed E-state index contributed by atoms with van der Waals surface area (Å²) in [5.41, 5.74) is 11.5. The van der Waals surface area contributed by atoms with Crippen LogP contribution in [-0.2, 0) is 0 Å². The number of methoxy groups -OCH3 is 1. The fourth-order valence-corrected chi connectivity index (χ4v) is 4.65. The summed E-state index contributed by atoms with van der Waals surface area (Å²) in [7, 11) is 1.46. The number of ether oxygens (including phenoxy) is 1. The molecule has 0 bridgehead atoms. The predicted octanol–water partition coefficient (Wildman–Crippen LogP) is 5.24. The lowest BCUT2D eigenvalue weighted by Gasteiger charge is -2.32. The molecule has 1 aromatic heterocycles. The molecule has 0 saturated carbocycles. The normalized spacial score (nSPS) is 16.1. The highest BCUT2D eigenvalue weighted by molar-refractivity contribution is 5.91. The van der Waals surface area contributed by atoms with Crippen LogP contribution in [0, 0.1) is 17.1 Å². The van der Waals surface area contributed by atoms with Crippen LogP contribution in [0.5, 0.6) is 5.75 Å². The molecule has 1 saturated heterocycles. The van der Waals surface area contributed by atoms with E-state index in [0.29, 0.717) is 5.56 Å². The predicted molar refractivity (Wildman–Crippen MR) is 129 cm³/mol. The number of nitriles is 1. The molecule has 6 heteroatoms. The molecule has 2 heterocycles. The lowest BCUT2D eigenvalue weighted by molar-refractivity contribution is 0.386. The third-order valence-corrected chi connectivity index (χ3v) is 6.31. The molecule has 0 radical (unpaired) electrons. The molecule has 0 amide bonds. The van der Waals surface area contributed by atoms with E-state index < -0.39 is 5.82 Å². The summed E-state index contributed by atoms with van der Waals surface area (Å²) < 4.78 is 21.8. The summed E-state index contributed by atoms with van der Waals surface area (Å²) in [5.74, 6) is -0.196. The van der Waals surface area contributed by atoms with Gasteiger partial charge < -0.3 is 19.9 Å². The van der Waals surface area contributed by atoms with Crippen molar-refractivity contribution < 1.29 is 9.13 Å². The second-order valence-electron chi connectivity index (χ2n) is 8.46. The van der Waals surface area contributed by atoms with E-state index in [1.165, 1.54) is 13.2 Å². The average molecular weight is 441 g/mol. The summed E-state index contributed by atoms with van der Waals surface area (Å²) in [4.78, 5) is 2.33. The minimum atomic E-state index is -0.408. The molecule has 2 N–H and O–H groups in total. The van der Waals surface area contributed by atoms with E-state index in [1.807, 2.05) is 18.2 Å². The quantitative estimate of drug-likeness (QED) is 0.471. The highest BCUT2D eigenvalue weighted by Crippen LogP contribution is 2.35. The van der Waals surface area contributed by atoms with Crippen LogP contribution in [0.25, 0.3) is 27.8 Å². The minimum absolute atomic E-state index is 0.190. The van der Waals surface area contributed by atoms with Crippen molar-refractivity contribution in [1.82, 2.24) is 4.57 Å². The van der Waals surface area contributed by atoms with Crippen molar-refractivity contribution >= 4 is 16.6 Å². The van der Waals surface area contributed by atoms with Gasteiger partial charge in [-0.05, 0) is 79.6 Å². The molecule has 166 valence electrons. The third-order valence-electron chi connectivity index (χ3n) is 6.31. The van der Waals surface area contributed by atoms with E-state index in [1.54, 1.807) is 18.2 Å². The maximum atomic E-state index is 14.6. The van der Waals surface area contributed by atoms with Crippen LogP contribution in [-0.4, -0.2) is 30.8 Å². The maximum absolute atomic E-state index is 14.6. The SMILES string of the molecule is COc1ccc(-c2cc3cc(N4CCCC(N)C4)ccc3n2-c2ccc(C#N)cc2)cc1F. The van der Waals surface area contributed by atoms with Gasteiger partial charge in [-0.15, -0.1) is 0 Å². The van der Waals surface area contributed by atoms with Gasteiger partial charge in [-0.2, -0.15) is 5.26 Å². The van der Waals surface area contributed by atoms with Crippen molar-refractivity contribution in [1.29, 1.82) is 5.26 Å². The lowest BCUT2D eigenvalue weighted by Crippen LogP contribution is -2.42. The van der Waals surface area contributed by atoms with E-state index in [9.17, 15) is 9.65 Å². The number of nitrogens with zero attached hydrogens (tertiary/aromatic N) is 3. The highest BCUT2D eigenvalue weighted by atomic mass is 19.1. The molecule has 1 fully saturated rings. The van der Waals surface area contributed by atoms with Crippen LogP contribution in [0.15, 0.2) is 66.7 Å². The van der Waals surface area contributed by atoms with Crippen molar-refractivity contribution in [2.75, 3.05) is 25.1 Å². The molecular formula is C27H25FN4O. The molecule has 0 spiro atoms. The molecule has 1 unspecified atom stereocenters. The zero-order valence-electron chi connectivity index (χ0n) is 18.5. The van der Waals surface area contributed by atoms with Crippen molar-refractivity contribution in [2.45, 2.75) is 18.9 Å². The second kappa shape index (κ2) is 8.61. The number of rotatable bonds is 4. The Morgan fingerprint density at radius 2 is 1.82 bits per heavy atom. The Bertz CT molecular complexity index is 1350. The van der Waals surface area contributed by atoms with Gasteiger partial charge in [0.1, 0.15) is 0 Å². The fraction of sp³-hybridized carbons (Fsp3) is 0.222. The van der Waals surface area contributed by atoms with E-state index >= 15 is 0 Å². The van der Waals surface area contributed by atoms with Crippen molar-refractivity contribution in [3.05, 3.63) is 78.1 Å². The molecule has 5 nitrogen and oxygen atoms in total. The summed E-state index contributed by atoms with van der Waals surface area (Å²) in [6.07, 6.45) is 2.14. The molecule has 3 aromatic carbocycles. The Hall–Kier alpha value is -3.82. The van der Waals surface area contributed by atoms with Gasteiger partial charge in [0, 0.05) is 41.5 Å². The molecule has 1 aliphatic rings. The topological polar surface area (TPSA) is 67.2 Å². The minimum Gasteiger partial charge on any atom is -0.494 e. The van der Waals surface area contributed by atoms with E-state index in [4.69, 9.17) is 10.5 Å². The number of nitrogens with two attached hydrogens (primary N) is 1. The van der Waals surface area contributed by atoms with Gasteiger partial charge in [0.05, 0.1) is 30.0 Å². The average Bonchev–Trinajstić information content (AvgIpc) is 3.23. The zero-order chi connectivity index (χ0) is 22.9. The van der Waals surface area contributed by atoms with Crippen LogP contribution < -0.4 is 15.4 Å².